The Kier molecular flexibility index (Phi) is 6.37. The molecule has 0 radical (unpaired) electrons. The van der Waals surface area contributed by atoms with Gasteiger partial charge in [-0.1, -0.05) is 13.3 Å². The lowest BCUT2D eigenvalue weighted by molar-refractivity contribution is 0.194. The van der Waals surface area contributed by atoms with E-state index in [2.05, 4.69) is 38.0 Å². The van der Waals surface area contributed by atoms with E-state index in [1.165, 1.54) is 45.1 Å². The van der Waals surface area contributed by atoms with Crippen molar-refractivity contribution in [1.29, 1.82) is 0 Å². The van der Waals surface area contributed by atoms with Gasteiger partial charge in [-0.15, -0.1) is 0 Å². The van der Waals surface area contributed by atoms with Crippen LogP contribution in [0, 0.1) is 0 Å². The molecule has 0 aliphatic carbocycles. The molecule has 1 fully saturated rings. The Morgan fingerprint density at radius 2 is 2.06 bits per heavy atom. The Hall–Kier alpha value is -0.0800. The molecule has 1 N–H and O–H groups in total. The first-order valence-corrected chi connectivity index (χ1v) is 7.12. The van der Waals surface area contributed by atoms with Gasteiger partial charge < -0.3 is 5.32 Å². The van der Waals surface area contributed by atoms with E-state index in [0.717, 1.165) is 12.1 Å². The fraction of sp³-hybridized carbons (Fsp3) is 1.00. The Labute approximate surface area is 102 Å². The van der Waals surface area contributed by atoms with Crippen LogP contribution in [-0.4, -0.2) is 36.6 Å². The molecule has 16 heavy (non-hydrogen) atoms. The van der Waals surface area contributed by atoms with Crippen LogP contribution in [0.1, 0.15) is 59.3 Å². The summed E-state index contributed by atoms with van der Waals surface area (Å²) in [5, 5.41) is 3.31. The van der Waals surface area contributed by atoms with Gasteiger partial charge in [0.05, 0.1) is 0 Å². The van der Waals surface area contributed by atoms with Gasteiger partial charge in [0, 0.05) is 18.1 Å². The Morgan fingerprint density at radius 3 is 2.69 bits per heavy atom. The third kappa shape index (κ3) is 4.06. The maximum Gasteiger partial charge on any atom is 0.00960 e. The summed E-state index contributed by atoms with van der Waals surface area (Å²) in [6, 6.07) is 2.38. The number of nitrogens with one attached hydrogen (secondary N) is 1. The molecule has 0 aromatic rings. The summed E-state index contributed by atoms with van der Waals surface area (Å²) in [4.78, 5) is 2.74. The van der Waals surface area contributed by atoms with Crippen molar-refractivity contribution < 1.29 is 0 Å². The van der Waals surface area contributed by atoms with Crippen molar-refractivity contribution in [2.45, 2.75) is 77.4 Å². The molecule has 1 aliphatic heterocycles. The molecule has 0 bridgehead atoms. The van der Waals surface area contributed by atoms with Gasteiger partial charge in [-0.25, -0.2) is 0 Å². The van der Waals surface area contributed by atoms with E-state index in [4.69, 9.17) is 0 Å². The standard InChI is InChI=1S/C14H30N2/c1-5-14-10-9-13(3)16(14)11-7-6-8-12(2)15-4/h12-15H,5-11H2,1-4H3. The molecule has 2 heteroatoms. The molecule has 0 amide bonds. The highest BCUT2D eigenvalue weighted by Gasteiger charge is 2.28. The third-order valence-corrected chi connectivity index (χ3v) is 4.22. The molecule has 0 aromatic carbocycles. The third-order valence-electron chi connectivity index (χ3n) is 4.22. The van der Waals surface area contributed by atoms with Gasteiger partial charge >= 0.3 is 0 Å². The predicted molar refractivity (Wildman–Crippen MR) is 71.9 cm³/mol. The quantitative estimate of drug-likeness (QED) is 0.671. The van der Waals surface area contributed by atoms with Crippen LogP contribution in [-0.2, 0) is 0 Å². The van der Waals surface area contributed by atoms with Gasteiger partial charge in [0.1, 0.15) is 0 Å². The van der Waals surface area contributed by atoms with Crippen LogP contribution in [0.2, 0.25) is 0 Å². The molecular weight excluding hydrogens is 196 g/mol. The summed E-state index contributed by atoms with van der Waals surface area (Å²) < 4.78 is 0. The minimum absolute atomic E-state index is 0.679. The Bertz CT molecular complexity index is 182. The minimum atomic E-state index is 0.679. The topological polar surface area (TPSA) is 15.3 Å². The monoisotopic (exact) mass is 226 g/mol. The first kappa shape index (κ1) is 14.0. The zero-order chi connectivity index (χ0) is 12.0. The number of hydrogen-bond acceptors (Lipinski definition) is 2. The van der Waals surface area contributed by atoms with Gasteiger partial charge in [0.2, 0.25) is 0 Å². The average Bonchev–Trinajstić information content (AvgIpc) is 2.65. The van der Waals surface area contributed by atoms with Crippen molar-refractivity contribution in [3.8, 4) is 0 Å². The lowest BCUT2D eigenvalue weighted by atomic mass is 10.1. The van der Waals surface area contributed by atoms with Crippen LogP contribution in [0.25, 0.3) is 0 Å². The van der Waals surface area contributed by atoms with Crippen molar-refractivity contribution >= 4 is 0 Å². The largest absolute Gasteiger partial charge is 0.317 e. The molecule has 0 spiro atoms. The zero-order valence-electron chi connectivity index (χ0n) is 11.6. The van der Waals surface area contributed by atoms with Gasteiger partial charge in [-0.05, 0) is 59.5 Å². The van der Waals surface area contributed by atoms with Crippen molar-refractivity contribution in [2.75, 3.05) is 13.6 Å². The van der Waals surface area contributed by atoms with E-state index in [-0.39, 0.29) is 0 Å². The van der Waals surface area contributed by atoms with E-state index in [1.54, 1.807) is 0 Å². The number of nitrogens with zero attached hydrogens (tertiary/aromatic N) is 1. The maximum absolute atomic E-state index is 3.31. The second-order valence-corrected chi connectivity index (χ2v) is 5.41. The van der Waals surface area contributed by atoms with Crippen LogP contribution in [0.3, 0.4) is 0 Å². The lowest BCUT2D eigenvalue weighted by Gasteiger charge is -2.27. The molecule has 1 rings (SSSR count). The summed E-state index contributed by atoms with van der Waals surface area (Å²) in [5.74, 6) is 0. The van der Waals surface area contributed by atoms with Crippen LogP contribution in [0.5, 0.6) is 0 Å². The molecule has 3 atom stereocenters. The number of unbranched alkanes of at least 4 members (excludes halogenated alkanes) is 1. The molecule has 3 unspecified atom stereocenters. The van der Waals surface area contributed by atoms with Crippen LogP contribution >= 0.6 is 0 Å². The number of likely N-dealkylation sites (tertiary alicyclic amines) is 1. The van der Waals surface area contributed by atoms with E-state index in [9.17, 15) is 0 Å². The van der Waals surface area contributed by atoms with E-state index < -0.39 is 0 Å². The van der Waals surface area contributed by atoms with Crippen LogP contribution < -0.4 is 5.32 Å². The molecule has 1 heterocycles. The van der Waals surface area contributed by atoms with Crippen molar-refractivity contribution in [1.82, 2.24) is 10.2 Å². The zero-order valence-corrected chi connectivity index (χ0v) is 11.6. The molecule has 1 aliphatic rings. The van der Waals surface area contributed by atoms with E-state index in [1.807, 2.05) is 0 Å². The number of hydrogen-bond donors (Lipinski definition) is 1. The molecule has 0 saturated carbocycles. The van der Waals surface area contributed by atoms with Gasteiger partial charge in [0.25, 0.3) is 0 Å². The first-order valence-electron chi connectivity index (χ1n) is 7.12. The van der Waals surface area contributed by atoms with Crippen molar-refractivity contribution in [3.63, 3.8) is 0 Å². The van der Waals surface area contributed by atoms with Crippen LogP contribution in [0.4, 0.5) is 0 Å². The summed E-state index contributed by atoms with van der Waals surface area (Å²) in [7, 11) is 2.06. The summed E-state index contributed by atoms with van der Waals surface area (Å²) in [6.07, 6.45) is 8.21. The highest BCUT2D eigenvalue weighted by molar-refractivity contribution is 4.84. The van der Waals surface area contributed by atoms with Gasteiger partial charge in [-0.3, -0.25) is 4.90 Å². The second kappa shape index (κ2) is 7.29. The Morgan fingerprint density at radius 1 is 1.31 bits per heavy atom. The predicted octanol–water partition coefficient (Wildman–Crippen LogP) is 3.03. The summed E-state index contributed by atoms with van der Waals surface area (Å²) in [5.41, 5.74) is 0. The molecule has 2 nitrogen and oxygen atoms in total. The van der Waals surface area contributed by atoms with E-state index >= 15 is 0 Å². The summed E-state index contributed by atoms with van der Waals surface area (Å²) in [6.45, 7) is 8.31. The van der Waals surface area contributed by atoms with Crippen LogP contribution in [0.15, 0.2) is 0 Å². The number of rotatable bonds is 7. The average molecular weight is 226 g/mol. The fourth-order valence-electron chi connectivity index (χ4n) is 2.86. The highest BCUT2D eigenvalue weighted by atomic mass is 15.2. The van der Waals surface area contributed by atoms with Crippen molar-refractivity contribution in [2.24, 2.45) is 0 Å². The Balaban J connectivity index is 2.16. The first-order chi connectivity index (χ1) is 7.69. The molecule has 96 valence electrons. The normalized spacial score (nSPS) is 28.5. The highest BCUT2D eigenvalue weighted by Crippen LogP contribution is 2.26. The van der Waals surface area contributed by atoms with Gasteiger partial charge in [0.15, 0.2) is 0 Å². The second-order valence-electron chi connectivity index (χ2n) is 5.41. The summed E-state index contributed by atoms with van der Waals surface area (Å²) >= 11 is 0. The lowest BCUT2D eigenvalue weighted by Crippen LogP contribution is -2.35. The molecule has 1 saturated heterocycles. The SMILES string of the molecule is CCC1CCC(C)N1CCCCC(C)NC. The maximum atomic E-state index is 3.31. The molecule has 0 aromatic heterocycles. The smallest absolute Gasteiger partial charge is 0.00960 e. The van der Waals surface area contributed by atoms with E-state index in [0.29, 0.717) is 6.04 Å². The minimum Gasteiger partial charge on any atom is -0.317 e. The molecular formula is C14H30N2. The van der Waals surface area contributed by atoms with Crippen molar-refractivity contribution in [3.05, 3.63) is 0 Å². The fourth-order valence-corrected chi connectivity index (χ4v) is 2.86. The van der Waals surface area contributed by atoms with Gasteiger partial charge in [-0.2, -0.15) is 0 Å².